The van der Waals surface area contributed by atoms with Gasteiger partial charge in [-0.3, -0.25) is 4.99 Å². The first-order valence-corrected chi connectivity index (χ1v) is 8.06. The van der Waals surface area contributed by atoms with Crippen LogP contribution in [0.5, 0.6) is 0 Å². The van der Waals surface area contributed by atoms with Crippen molar-refractivity contribution in [2.75, 3.05) is 19.6 Å². The maximum absolute atomic E-state index is 4.60. The van der Waals surface area contributed by atoms with Crippen LogP contribution in [-0.4, -0.2) is 35.1 Å². The summed E-state index contributed by atoms with van der Waals surface area (Å²) in [5.74, 6) is 2.50. The lowest BCUT2D eigenvalue weighted by Gasteiger charge is -2.13. The Labute approximate surface area is 156 Å². The van der Waals surface area contributed by atoms with Gasteiger partial charge in [0.25, 0.3) is 0 Å². The Morgan fingerprint density at radius 1 is 1.26 bits per heavy atom. The van der Waals surface area contributed by atoms with E-state index in [1.807, 2.05) is 6.07 Å². The zero-order valence-corrected chi connectivity index (χ0v) is 16.8. The molecule has 0 unspecified atom stereocenters. The van der Waals surface area contributed by atoms with Crippen LogP contribution in [0.2, 0.25) is 0 Å². The van der Waals surface area contributed by atoms with E-state index in [-0.39, 0.29) is 24.0 Å². The van der Waals surface area contributed by atoms with Gasteiger partial charge in [-0.2, -0.15) is 0 Å². The zero-order valence-electron chi connectivity index (χ0n) is 14.5. The van der Waals surface area contributed by atoms with Gasteiger partial charge >= 0.3 is 0 Å². The maximum atomic E-state index is 4.60. The number of rotatable bonds is 6. The highest BCUT2D eigenvalue weighted by atomic mass is 127. The molecule has 0 aliphatic heterocycles. The molecule has 0 fully saturated rings. The van der Waals surface area contributed by atoms with Crippen molar-refractivity contribution in [3.8, 4) is 0 Å². The number of halogens is 1. The van der Waals surface area contributed by atoms with Gasteiger partial charge in [0.15, 0.2) is 5.96 Å². The van der Waals surface area contributed by atoms with E-state index in [0.29, 0.717) is 5.92 Å². The number of benzene rings is 1. The summed E-state index contributed by atoms with van der Waals surface area (Å²) >= 11 is 0. The minimum atomic E-state index is 0. The number of guanidine groups is 1. The Bertz CT molecular complexity index is 633. The van der Waals surface area contributed by atoms with E-state index in [1.54, 1.807) is 0 Å². The first kappa shape index (κ1) is 19.7. The van der Waals surface area contributed by atoms with Gasteiger partial charge in [0, 0.05) is 26.2 Å². The molecule has 1 aromatic heterocycles. The summed E-state index contributed by atoms with van der Waals surface area (Å²) in [5, 5.41) is 6.68. The molecule has 0 saturated carbocycles. The Hall–Kier alpha value is -1.31. The molecule has 0 atom stereocenters. The maximum Gasteiger partial charge on any atom is 0.191 e. The number of hydrogen-bond acceptors (Lipinski definition) is 2. The van der Waals surface area contributed by atoms with Crippen LogP contribution in [0.4, 0.5) is 0 Å². The summed E-state index contributed by atoms with van der Waals surface area (Å²) in [6.45, 7) is 11.9. The van der Waals surface area contributed by atoms with Gasteiger partial charge in [0.05, 0.1) is 11.0 Å². The molecule has 0 saturated heterocycles. The highest BCUT2D eigenvalue weighted by molar-refractivity contribution is 14.0. The second-order valence-electron chi connectivity index (χ2n) is 5.84. The molecule has 0 aliphatic rings. The summed E-state index contributed by atoms with van der Waals surface area (Å²) in [5.41, 5.74) is 2.24. The minimum Gasteiger partial charge on any atom is -0.357 e. The van der Waals surface area contributed by atoms with E-state index in [9.17, 15) is 0 Å². The monoisotopic (exact) mass is 429 g/mol. The molecule has 1 aromatic carbocycles. The smallest absolute Gasteiger partial charge is 0.191 e. The van der Waals surface area contributed by atoms with Crippen molar-refractivity contribution < 1.29 is 0 Å². The van der Waals surface area contributed by atoms with Crippen LogP contribution in [0.3, 0.4) is 0 Å². The number of hydrogen-bond donors (Lipinski definition) is 2. The first-order chi connectivity index (χ1) is 10.6. The molecular weight excluding hydrogens is 401 g/mol. The third-order valence-corrected chi connectivity index (χ3v) is 3.43. The second kappa shape index (κ2) is 9.75. The number of imidazole rings is 1. The van der Waals surface area contributed by atoms with Gasteiger partial charge < -0.3 is 15.2 Å². The van der Waals surface area contributed by atoms with Gasteiger partial charge in [-0.1, -0.05) is 26.0 Å². The third kappa shape index (κ3) is 5.67. The summed E-state index contributed by atoms with van der Waals surface area (Å²) in [7, 11) is 0. The predicted octanol–water partition coefficient (Wildman–Crippen LogP) is 3.17. The van der Waals surface area contributed by atoms with Crippen molar-refractivity contribution >= 4 is 41.0 Å². The van der Waals surface area contributed by atoms with Crippen LogP contribution in [0.25, 0.3) is 11.0 Å². The standard InChI is InChI=1S/C17H27N5.HI/c1-5-18-17(20-12-13(2)3)19-10-11-22-14(4)21-15-8-6-7-9-16(15)22;/h6-9,13H,5,10-12H2,1-4H3,(H2,18,19,20);1H. The zero-order chi connectivity index (χ0) is 15.9. The van der Waals surface area contributed by atoms with Crippen LogP contribution >= 0.6 is 24.0 Å². The molecule has 23 heavy (non-hydrogen) atoms. The van der Waals surface area contributed by atoms with E-state index < -0.39 is 0 Å². The van der Waals surface area contributed by atoms with E-state index in [1.165, 1.54) is 5.52 Å². The molecule has 0 amide bonds. The van der Waals surface area contributed by atoms with Gasteiger partial charge in [-0.05, 0) is 31.9 Å². The SMILES string of the molecule is CCNC(=NCC(C)C)NCCn1c(C)nc2ccccc21.I. The number of aromatic nitrogens is 2. The molecule has 0 aliphatic carbocycles. The highest BCUT2D eigenvalue weighted by Crippen LogP contribution is 2.14. The van der Waals surface area contributed by atoms with Crippen molar-refractivity contribution in [3.63, 3.8) is 0 Å². The second-order valence-corrected chi connectivity index (χ2v) is 5.84. The number of nitrogens with one attached hydrogen (secondary N) is 2. The summed E-state index contributed by atoms with van der Waals surface area (Å²) in [4.78, 5) is 9.18. The molecule has 128 valence electrons. The number of aliphatic imine (C=N–C) groups is 1. The van der Waals surface area contributed by atoms with Gasteiger partial charge in [-0.25, -0.2) is 4.98 Å². The van der Waals surface area contributed by atoms with Crippen LogP contribution in [0.15, 0.2) is 29.3 Å². The number of nitrogens with zero attached hydrogens (tertiary/aromatic N) is 3. The lowest BCUT2D eigenvalue weighted by molar-refractivity contribution is 0.640. The fourth-order valence-corrected chi connectivity index (χ4v) is 2.38. The molecule has 2 aromatic rings. The summed E-state index contributed by atoms with van der Waals surface area (Å²) in [6.07, 6.45) is 0. The molecule has 0 radical (unpaired) electrons. The number of fused-ring (bicyclic) bond motifs is 1. The van der Waals surface area contributed by atoms with Gasteiger partial charge in [-0.15, -0.1) is 24.0 Å². The lowest BCUT2D eigenvalue weighted by atomic mass is 10.2. The van der Waals surface area contributed by atoms with Crippen LogP contribution in [0, 0.1) is 12.8 Å². The van der Waals surface area contributed by atoms with Crippen molar-refractivity contribution in [2.45, 2.75) is 34.2 Å². The average molecular weight is 429 g/mol. The summed E-state index contributed by atoms with van der Waals surface area (Å²) < 4.78 is 2.24. The van der Waals surface area contributed by atoms with Crippen LogP contribution in [-0.2, 0) is 6.54 Å². The largest absolute Gasteiger partial charge is 0.357 e. The Balaban J connectivity index is 0.00000264. The third-order valence-electron chi connectivity index (χ3n) is 3.43. The van der Waals surface area contributed by atoms with E-state index in [0.717, 1.165) is 43.5 Å². The lowest BCUT2D eigenvalue weighted by Crippen LogP contribution is -2.39. The molecule has 6 heteroatoms. The normalized spacial score (nSPS) is 11.6. The number of aryl methyl sites for hydroxylation is 1. The fourth-order valence-electron chi connectivity index (χ4n) is 2.38. The summed E-state index contributed by atoms with van der Waals surface area (Å²) in [6, 6.07) is 8.26. The Morgan fingerprint density at radius 3 is 2.70 bits per heavy atom. The molecule has 0 bridgehead atoms. The van der Waals surface area contributed by atoms with Crippen molar-refractivity contribution in [3.05, 3.63) is 30.1 Å². The Kier molecular flexibility index (Phi) is 8.36. The van der Waals surface area contributed by atoms with E-state index in [2.05, 4.69) is 71.1 Å². The van der Waals surface area contributed by atoms with Crippen molar-refractivity contribution in [2.24, 2.45) is 10.9 Å². The predicted molar refractivity (Wildman–Crippen MR) is 109 cm³/mol. The van der Waals surface area contributed by atoms with Crippen LogP contribution < -0.4 is 10.6 Å². The molecule has 1 heterocycles. The van der Waals surface area contributed by atoms with E-state index >= 15 is 0 Å². The molecule has 2 rings (SSSR count). The molecule has 2 N–H and O–H groups in total. The molecule has 5 nitrogen and oxygen atoms in total. The number of para-hydroxylation sites is 2. The van der Waals surface area contributed by atoms with Crippen LogP contribution in [0.1, 0.15) is 26.6 Å². The van der Waals surface area contributed by atoms with Gasteiger partial charge in [0.1, 0.15) is 5.82 Å². The highest BCUT2D eigenvalue weighted by Gasteiger charge is 2.06. The molecular formula is C17H28IN5. The average Bonchev–Trinajstić information content (AvgIpc) is 2.80. The fraction of sp³-hybridized carbons (Fsp3) is 0.529. The Morgan fingerprint density at radius 2 is 2.00 bits per heavy atom. The van der Waals surface area contributed by atoms with E-state index in [4.69, 9.17) is 0 Å². The first-order valence-electron chi connectivity index (χ1n) is 8.06. The quantitative estimate of drug-likeness (QED) is 0.422. The minimum absolute atomic E-state index is 0. The topological polar surface area (TPSA) is 54.2 Å². The van der Waals surface area contributed by atoms with Crippen molar-refractivity contribution in [1.29, 1.82) is 0 Å². The van der Waals surface area contributed by atoms with Crippen molar-refractivity contribution in [1.82, 2.24) is 20.2 Å². The molecule has 0 spiro atoms. The van der Waals surface area contributed by atoms with Gasteiger partial charge in [0.2, 0.25) is 0 Å².